The molecular formula is C10H9BrO3. The lowest BCUT2D eigenvalue weighted by Gasteiger charge is -2.23. The Morgan fingerprint density at radius 1 is 1.57 bits per heavy atom. The molecule has 1 atom stereocenters. The number of carboxylic acid groups (broad SMARTS) is 1. The molecule has 74 valence electrons. The van der Waals surface area contributed by atoms with Crippen molar-refractivity contribution >= 4 is 21.9 Å². The summed E-state index contributed by atoms with van der Waals surface area (Å²) in [5.74, 6) is -0.927. The first-order chi connectivity index (χ1) is 6.70. The van der Waals surface area contributed by atoms with Crippen molar-refractivity contribution in [2.24, 2.45) is 0 Å². The normalized spacial score (nSPS) is 20.2. The van der Waals surface area contributed by atoms with Crippen molar-refractivity contribution in [2.75, 3.05) is 6.61 Å². The van der Waals surface area contributed by atoms with Crippen molar-refractivity contribution in [1.82, 2.24) is 0 Å². The largest absolute Gasteiger partial charge is 0.479 e. The highest BCUT2D eigenvalue weighted by Gasteiger charge is 2.27. The standard InChI is InChI=1S/C10H9BrO3/c11-8-3-1-2-7-6(8)4-5-14-9(7)10(12)13/h1-3,9H,4-5H2,(H,12,13)/t9-/m0/s1. The van der Waals surface area contributed by atoms with Gasteiger partial charge in [0.15, 0.2) is 6.10 Å². The van der Waals surface area contributed by atoms with Gasteiger partial charge in [-0.05, 0) is 23.6 Å². The van der Waals surface area contributed by atoms with Gasteiger partial charge in [0.1, 0.15) is 0 Å². The summed E-state index contributed by atoms with van der Waals surface area (Å²) in [6.45, 7) is 0.465. The summed E-state index contributed by atoms with van der Waals surface area (Å²) >= 11 is 3.41. The van der Waals surface area contributed by atoms with Crippen molar-refractivity contribution in [3.8, 4) is 0 Å². The molecule has 0 saturated heterocycles. The lowest BCUT2D eigenvalue weighted by atomic mass is 9.98. The first-order valence-electron chi connectivity index (χ1n) is 4.32. The SMILES string of the molecule is O=C(O)[C@H]1OCCc2c(Br)cccc21. The van der Waals surface area contributed by atoms with Gasteiger partial charge in [-0.1, -0.05) is 28.1 Å². The third-order valence-electron chi connectivity index (χ3n) is 2.30. The first-order valence-corrected chi connectivity index (χ1v) is 5.11. The zero-order chi connectivity index (χ0) is 10.1. The zero-order valence-electron chi connectivity index (χ0n) is 7.37. The molecular weight excluding hydrogens is 248 g/mol. The number of aliphatic carboxylic acids is 1. The van der Waals surface area contributed by atoms with Crippen molar-refractivity contribution in [3.05, 3.63) is 33.8 Å². The lowest BCUT2D eigenvalue weighted by Crippen LogP contribution is -2.23. The van der Waals surface area contributed by atoms with Gasteiger partial charge in [0.2, 0.25) is 0 Å². The second-order valence-electron chi connectivity index (χ2n) is 3.15. The van der Waals surface area contributed by atoms with E-state index in [0.717, 1.165) is 22.0 Å². The van der Waals surface area contributed by atoms with Crippen LogP contribution in [0.15, 0.2) is 22.7 Å². The third kappa shape index (κ3) is 1.55. The van der Waals surface area contributed by atoms with Crippen LogP contribution in [-0.4, -0.2) is 17.7 Å². The van der Waals surface area contributed by atoms with E-state index < -0.39 is 12.1 Å². The molecule has 0 bridgehead atoms. The number of hydrogen-bond donors (Lipinski definition) is 1. The van der Waals surface area contributed by atoms with Gasteiger partial charge in [0.05, 0.1) is 6.61 Å². The van der Waals surface area contributed by atoms with Crippen LogP contribution < -0.4 is 0 Å². The molecule has 0 amide bonds. The Morgan fingerprint density at radius 2 is 2.36 bits per heavy atom. The monoisotopic (exact) mass is 256 g/mol. The summed E-state index contributed by atoms with van der Waals surface area (Å²) in [4.78, 5) is 10.9. The molecule has 0 aliphatic carbocycles. The number of fused-ring (bicyclic) bond motifs is 1. The molecule has 1 aromatic carbocycles. The molecule has 2 rings (SSSR count). The number of halogens is 1. The predicted molar refractivity (Wildman–Crippen MR) is 54.2 cm³/mol. The number of benzene rings is 1. The molecule has 0 saturated carbocycles. The van der Waals surface area contributed by atoms with Crippen molar-refractivity contribution in [1.29, 1.82) is 0 Å². The Bertz CT molecular complexity index is 376. The average molecular weight is 257 g/mol. The summed E-state index contributed by atoms with van der Waals surface area (Å²) in [6.07, 6.45) is -0.0446. The number of rotatable bonds is 1. The highest BCUT2D eigenvalue weighted by molar-refractivity contribution is 9.10. The van der Waals surface area contributed by atoms with Crippen LogP contribution in [0.4, 0.5) is 0 Å². The van der Waals surface area contributed by atoms with Gasteiger partial charge in [-0.3, -0.25) is 0 Å². The molecule has 14 heavy (non-hydrogen) atoms. The zero-order valence-corrected chi connectivity index (χ0v) is 8.95. The average Bonchev–Trinajstić information content (AvgIpc) is 2.17. The summed E-state index contributed by atoms with van der Waals surface area (Å²) in [6, 6.07) is 5.55. The van der Waals surface area contributed by atoms with Crippen LogP contribution >= 0.6 is 15.9 Å². The number of ether oxygens (including phenoxy) is 1. The highest BCUT2D eigenvalue weighted by atomic mass is 79.9. The van der Waals surface area contributed by atoms with E-state index in [-0.39, 0.29) is 0 Å². The molecule has 0 radical (unpaired) electrons. The van der Waals surface area contributed by atoms with E-state index in [9.17, 15) is 4.79 Å². The van der Waals surface area contributed by atoms with E-state index >= 15 is 0 Å². The quantitative estimate of drug-likeness (QED) is 0.838. The fourth-order valence-electron chi connectivity index (χ4n) is 1.66. The van der Waals surface area contributed by atoms with Crippen molar-refractivity contribution in [3.63, 3.8) is 0 Å². The maximum Gasteiger partial charge on any atom is 0.337 e. The van der Waals surface area contributed by atoms with Crippen LogP contribution in [0.25, 0.3) is 0 Å². The number of hydrogen-bond acceptors (Lipinski definition) is 2. The summed E-state index contributed by atoms with van der Waals surface area (Å²) in [5, 5.41) is 8.94. The van der Waals surface area contributed by atoms with Gasteiger partial charge in [0, 0.05) is 4.47 Å². The Hall–Kier alpha value is -0.870. The molecule has 0 spiro atoms. The predicted octanol–water partition coefficient (Wildman–Crippen LogP) is 2.15. The van der Waals surface area contributed by atoms with E-state index in [0.29, 0.717) is 6.61 Å². The molecule has 1 heterocycles. The second-order valence-corrected chi connectivity index (χ2v) is 4.00. The lowest BCUT2D eigenvalue weighted by molar-refractivity contribution is -0.151. The molecule has 1 aromatic rings. The van der Waals surface area contributed by atoms with Crippen LogP contribution in [0.2, 0.25) is 0 Å². The van der Waals surface area contributed by atoms with Gasteiger partial charge in [-0.25, -0.2) is 4.79 Å². The van der Waals surface area contributed by atoms with E-state index in [1.54, 1.807) is 6.07 Å². The smallest absolute Gasteiger partial charge is 0.337 e. The third-order valence-corrected chi connectivity index (χ3v) is 3.04. The van der Waals surface area contributed by atoms with Crippen molar-refractivity contribution in [2.45, 2.75) is 12.5 Å². The van der Waals surface area contributed by atoms with E-state index in [1.807, 2.05) is 12.1 Å². The van der Waals surface area contributed by atoms with E-state index in [4.69, 9.17) is 9.84 Å². The van der Waals surface area contributed by atoms with Crippen LogP contribution in [0.5, 0.6) is 0 Å². The Balaban J connectivity index is 2.49. The van der Waals surface area contributed by atoms with Gasteiger partial charge >= 0.3 is 5.97 Å². The summed E-state index contributed by atoms with van der Waals surface area (Å²) in [5.41, 5.74) is 1.81. The fourth-order valence-corrected chi connectivity index (χ4v) is 2.24. The van der Waals surface area contributed by atoms with Gasteiger partial charge < -0.3 is 9.84 Å². The van der Waals surface area contributed by atoms with Gasteiger partial charge in [-0.15, -0.1) is 0 Å². The minimum Gasteiger partial charge on any atom is -0.479 e. The molecule has 0 aromatic heterocycles. The van der Waals surface area contributed by atoms with E-state index in [2.05, 4.69) is 15.9 Å². The number of carbonyl (C=O) groups is 1. The molecule has 0 fully saturated rings. The van der Waals surface area contributed by atoms with Crippen LogP contribution in [-0.2, 0) is 16.0 Å². The van der Waals surface area contributed by atoms with Crippen LogP contribution in [0, 0.1) is 0 Å². The number of carboxylic acids is 1. The molecule has 4 heteroatoms. The molecule has 3 nitrogen and oxygen atoms in total. The van der Waals surface area contributed by atoms with Gasteiger partial charge in [0.25, 0.3) is 0 Å². The fraction of sp³-hybridized carbons (Fsp3) is 0.300. The minimum absolute atomic E-state index is 0.465. The molecule has 1 aliphatic heterocycles. The second kappa shape index (κ2) is 3.71. The van der Waals surface area contributed by atoms with Crippen molar-refractivity contribution < 1.29 is 14.6 Å². The molecule has 0 unspecified atom stereocenters. The Labute approximate surface area is 89.8 Å². The Morgan fingerprint density at radius 3 is 3.07 bits per heavy atom. The molecule has 1 aliphatic rings. The topological polar surface area (TPSA) is 46.5 Å². The summed E-state index contributed by atoms with van der Waals surface area (Å²) in [7, 11) is 0. The Kier molecular flexibility index (Phi) is 2.56. The maximum absolute atomic E-state index is 10.9. The minimum atomic E-state index is -0.927. The van der Waals surface area contributed by atoms with Gasteiger partial charge in [-0.2, -0.15) is 0 Å². The molecule has 1 N–H and O–H groups in total. The first kappa shape index (κ1) is 9.68. The van der Waals surface area contributed by atoms with Crippen LogP contribution in [0.3, 0.4) is 0 Å². The van der Waals surface area contributed by atoms with Crippen LogP contribution in [0.1, 0.15) is 17.2 Å². The summed E-state index contributed by atoms with van der Waals surface area (Å²) < 4.78 is 6.16. The van der Waals surface area contributed by atoms with E-state index in [1.165, 1.54) is 0 Å². The maximum atomic E-state index is 10.9. The highest BCUT2D eigenvalue weighted by Crippen LogP contribution is 2.31.